The molecule has 0 fully saturated rings. The minimum absolute atomic E-state index is 0.240. The van der Waals surface area contributed by atoms with Gasteiger partial charge in [-0.3, -0.25) is 4.79 Å². The first kappa shape index (κ1) is 17.7. The van der Waals surface area contributed by atoms with Crippen molar-refractivity contribution in [3.05, 3.63) is 0 Å². The van der Waals surface area contributed by atoms with Gasteiger partial charge in [0.2, 0.25) is 5.91 Å². The van der Waals surface area contributed by atoms with Crippen LogP contribution in [-0.4, -0.2) is 41.2 Å². The molecule has 0 bridgehead atoms. The van der Waals surface area contributed by atoms with Crippen molar-refractivity contribution >= 4 is 17.7 Å². The first-order valence-electron chi connectivity index (χ1n) is 6.69. The van der Waals surface area contributed by atoms with Crippen LogP contribution < -0.4 is 11.1 Å². The Labute approximate surface area is 115 Å². The largest absolute Gasteiger partial charge is 0.396 e. The number of hydrogen-bond acceptors (Lipinski definition) is 4. The van der Waals surface area contributed by atoms with E-state index in [2.05, 4.69) is 12.2 Å². The normalized spacial score (nSPS) is 16.2. The topological polar surface area (TPSA) is 75.3 Å². The highest BCUT2D eigenvalue weighted by molar-refractivity contribution is 7.99. The fourth-order valence-corrected chi connectivity index (χ4v) is 2.59. The van der Waals surface area contributed by atoms with Crippen LogP contribution >= 0.6 is 11.8 Å². The molecule has 0 rings (SSSR count). The van der Waals surface area contributed by atoms with Gasteiger partial charge in [-0.05, 0) is 50.2 Å². The summed E-state index contributed by atoms with van der Waals surface area (Å²) in [6.45, 7) is 7.04. The molecule has 0 aliphatic carbocycles. The molecule has 0 saturated heterocycles. The van der Waals surface area contributed by atoms with Crippen molar-refractivity contribution in [2.24, 2.45) is 11.7 Å². The Balaban J connectivity index is 3.87. The summed E-state index contributed by atoms with van der Waals surface area (Å²) in [6, 6.07) is 0. The van der Waals surface area contributed by atoms with Crippen molar-refractivity contribution in [2.75, 3.05) is 24.7 Å². The van der Waals surface area contributed by atoms with Crippen LogP contribution in [0.4, 0.5) is 0 Å². The minimum atomic E-state index is -0.584. The van der Waals surface area contributed by atoms with E-state index in [-0.39, 0.29) is 12.5 Å². The van der Waals surface area contributed by atoms with Gasteiger partial charge in [-0.2, -0.15) is 11.8 Å². The standard InChI is InChI=1S/C13H28N2O2S/c1-4-7-15-13(3,12(14)17)6-5-8-18-10-11(2)9-16/h11,15-16H,4-10H2,1-3H3,(H2,14,17). The molecule has 0 aromatic heterocycles. The molecule has 0 saturated carbocycles. The lowest BCUT2D eigenvalue weighted by Gasteiger charge is -2.27. The van der Waals surface area contributed by atoms with Crippen LogP contribution in [0.2, 0.25) is 0 Å². The number of carbonyl (C=O) groups excluding carboxylic acids is 1. The Kier molecular flexibility index (Phi) is 9.50. The maximum atomic E-state index is 11.5. The number of rotatable bonds is 11. The summed E-state index contributed by atoms with van der Waals surface area (Å²) in [5, 5.41) is 12.1. The van der Waals surface area contributed by atoms with Crippen molar-refractivity contribution in [3.63, 3.8) is 0 Å². The summed E-state index contributed by atoms with van der Waals surface area (Å²) in [6.07, 6.45) is 2.72. The van der Waals surface area contributed by atoms with E-state index in [4.69, 9.17) is 10.8 Å². The number of thioether (sulfide) groups is 1. The second-order valence-corrected chi connectivity index (χ2v) is 6.24. The van der Waals surface area contributed by atoms with Gasteiger partial charge in [0.15, 0.2) is 0 Å². The molecular formula is C13H28N2O2S. The van der Waals surface area contributed by atoms with E-state index in [1.165, 1.54) is 0 Å². The van der Waals surface area contributed by atoms with Crippen LogP contribution in [0.1, 0.15) is 40.0 Å². The van der Waals surface area contributed by atoms with Gasteiger partial charge in [-0.15, -0.1) is 0 Å². The van der Waals surface area contributed by atoms with Gasteiger partial charge in [0, 0.05) is 6.61 Å². The zero-order chi connectivity index (χ0) is 14.0. The zero-order valence-electron chi connectivity index (χ0n) is 11.9. The molecule has 2 atom stereocenters. The summed E-state index contributed by atoms with van der Waals surface area (Å²) < 4.78 is 0. The SMILES string of the molecule is CCCNC(C)(CCCSCC(C)CO)C(N)=O. The predicted molar refractivity (Wildman–Crippen MR) is 78.7 cm³/mol. The number of aliphatic hydroxyl groups is 1. The average molecular weight is 276 g/mol. The second kappa shape index (κ2) is 9.64. The molecule has 2 unspecified atom stereocenters. The average Bonchev–Trinajstić information content (AvgIpc) is 2.35. The maximum Gasteiger partial charge on any atom is 0.237 e. The molecule has 0 radical (unpaired) electrons. The second-order valence-electron chi connectivity index (χ2n) is 5.09. The number of nitrogens with one attached hydrogen (secondary N) is 1. The molecule has 18 heavy (non-hydrogen) atoms. The summed E-state index contributed by atoms with van der Waals surface area (Å²) >= 11 is 1.82. The Morgan fingerprint density at radius 2 is 2.22 bits per heavy atom. The van der Waals surface area contributed by atoms with Gasteiger partial charge in [-0.1, -0.05) is 13.8 Å². The van der Waals surface area contributed by atoms with Gasteiger partial charge >= 0.3 is 0 Å². The number of carbonyl (C=O) groups is 1. The molecule has 0 aliphatic rings. The van der Waals surface area contributed by atoms with Crippen molar-refractivity contribution in [1.29, 1.82) is 0 Å². The third-order valence-corrected chi connectivity index (χ3v) is 4.37. The summed E-state index contributed by atoms with van der Waals surface area (Å²) in [4.78, 5) is 11.5. The fraction of sp³-hybridized carbons (Fsp3) is 0.923. The number of amides is 1. The van der Waals surface area contributed by atoms with Crippen LogP contribution in [0, 0.1) is 5.92 Å². The first-order valence-corrected chi connectivity index (χ1v) is 7.85. The van der Waals surface area contributed by atoms with Gasteiger partial charge < -0.3 is 16.2 Å². The number of nitrogens with two attached hydrogens (primary N) is 1. The van der Waals surface area contributed by atoms with Crippen LogP contribution in [-0.2, 0) is 4.79 Å². The highest BCUT2D eigenvalue weighted by Crippen LogP contribution is 2.16. The van der Waals surface area contributed by atoms with Crippen molar-refractivity contribution < 1.29 is 9.90 Å². The van der Waals surface area contributed by atoms with Gasteiger partial charge in [0.25, 0.3) is 0 Å². The lowest BCUT2D eigenvalue weighted by molar-refractivity contribution is -0.124. The molecular weight excluding hydrogens is 248 g/mol. The monoisotopic (exact) mass is 276 g/mol. The van der Waals surface area contributed by atoms with E-state index in [1.54, 1.807) is 0 Å². The maximum absolute atomic E-state index is 11.5. The smallest absolute Gasteiger partial charge is 0.237 e. The molecule has 0 spiro atoms. The zero-order valence-corrected chi connectivity index (χ0v) is 12.7. The molecule has 0 aromatic carbocycles. The van der Waals surface area contributed by atoms with Gasteiger partial charge in [-0.25, -0.2) is 0 Å². The van der Waals surface area contributed by atoms with Gasteiger partial charge in [0.05, 0.1) is 5.54 Å². The van der Waals surface area contributed by atoms with E-state index < -0.39 is 5.54 Å². The molecule has 0 aromatic rings. The molecule has 0 heterocycles. The molecule has 0 aliphatic heterocycles. The molecule has 5 heteroatoms. The summed E-state index contributed by atoms with van der Waals surface area (Å²) in [7, 11) is 0. The van der Waals surface area contributed by atoms with E-state index in [1.807, 2.05) is 25.6 Å². The Hall–Kier alpha value is -0.260. The number of aliphatic hydroxyl groups excluding tert-OH is 1. The quantitative estimate of drug-likeness (QED) is 0.498. The number of primary amides is 1. The fourth-order valence-electron chi connectivity index (χ4n) is 1.56. The number of hydrogen-bond donors (Lipinski definition) is 3. The van der Waals surface area contributed by atoms with E-state index in [9.17, 15) is 4.79 Å². The Bertz CT molecular complexity index is 239. The minimum Gasteiger partial charge on any atom is -0.396 e. The Morgan fingerprint density at radius 1 is 1.56 bits per heavy atom. The van der Waals surface area contributed by atoms with Crippen molar-refractivity contribution in [3.8, 4) is 0 Å². The predicted octanol–water partition coefficient (Wildman–Crippen LogP) is 1.37. The van der Waals surface area contributed by atoms with Crippen LogP contribution in [0.15, 0.2) is 0 Å². The molecule has 108 valence electrons. The molecule has 1 amide bonds. The highest BCUT2D eigenvalue weighted by atomic mass is 32.2. The van der Waals surface area contributed by atoms with Crippen LogP contribution in [0.5, 0.6) is 0 Å². The third-order valence-electron chi connectivity index (χ3n) is 2.99. The molecule has 4 N–H and O–H groups in total. The van der Waals surface area contributed by atoms with Gasteiger partial charge in [0.1, 0.15) is 0 Å². The van der Waals surface area contributed by atoms with Crippen molar-refractivity contribution in [2.45, 2.75) is 45.6 Å². The summed E-state index contributed by atoms with van der Waals surface area (Å²) in [5.74, 6) is 2.04. The highest BCUT2D eigenvalue weighted by Gasteiger charge is 2.29. The van der Waals surface area contributed by atoms with E-state index >= 15 is 0 Å². The Morgan fingerprint density at radius 3 is 2.72 bits per heavy atom. The van der Waals surface area contributed by atoms with E-state index in [0.717, 1.165) is 37.3 Å². The lowest BCUT2D eigenvalue weighted by Crippen LogP contribution is -2.53. The van der Waals surface area contributed by atoms with Crippen LogP contribution in [0.3, 0.4) is 0 Å². The lowest BCUT2D eigenvalue weighted by atomic mass is 9.95. The third kappa shape index (κ3) is 7.24. The summed E-state index contributed by atoms with van der Waals surface area (Å²) in [5.41, 5.74) is 4.87. The first-order chi connectivity index (χ1) is 8.46. The molecule has 4 nitrogen and oxygen atoms in total. The van der Waals surface area contributed by atoms with E-state index in [0.29, 0.717) is 5.92 Å². The van der Waals surface area contributed by atoms with Crippen molar-refractivity contribution in [1.82, 2.24) is 5.32 Å². The van der Waals surface area contributed by atoms with Crippen LogP contribution in [0.25, 0.3) is 0 Å².